The van der Waals surface area contributed by atoms with E-state index in [9.17, 15) is 0 Å². The molecule has 56 valence electrons. The van der Waals surface area contributed by atoms with Crippen molar-refractivity contribution < 1.29 is 0 Å². The van der Waals surface area contributed by atoms with Gasteiger partial charge in [-0.1, -0.05) is 0 Å². The van der Waals surface area contributed by atoms with Crippen molar-refractivity contribution in [1.29, 1.82) is 0 Å². The van der Waals surface area contributed by atoms with Crippen LogP contribution in [0, 0.1) is 0 Å². The van der Waals surface area contributed by atoms with E-state index in [1.54, 1.807) is 0 Å². The van der Waals surface area contributed by atoms with Gasteiger partial charge in [0, 0.05) is 26.7 Å². The zero-order chi connectivity index (χ0) is 7.28. The molecule has 0 aliphatic heterocycles. The zero-order valence-electron chi connectivity index (χ0n) is 6.73. The molecule has 0 spiro atoms. The van der Waals surface area contributed by atoms with Gasteiger partial charge in [0.05, 0.1) is 0 Å². The summed E-state index contributed by atoms with van der Waals surface area (Å²) in [5.41, 5.74) is 3.17. The number of hydrogen-bond acceptors (Lipinski definition) is 3. The van der Waals surface area contributed by atoms with Crippen LogP contribution in [0.3, 0.4) is 0 Å². The fourth-order valence-corrected chi connectivity index (χ4v) is 0.422. The molecule has 0 bridgehead atoms. The predicted octanol–water partition coefficient (Wildman–Crippen LogP) is -0.339. The summed E-state index contributed by atoms with van der Waals surface area (Å²) in [4.78, 5) is 0. The summed E-state index contributed by atoms with van der Waals surface area (Å²) in [5.74, 6) is 0. The molecule has 2 N–H and O–H groups in total. The van der Waals surface area contributed by atoms with Crippen LogP contribution in [0.15, 0.2) is 0 Å². The Morgan fingerprint density at radius 2 is 2.00 bits per heavy atom. The molecule has 9 heavy (non-hydrogen) atoms. The second-order valence-corrected chi connectivity index (χ2v) is 2.45. The quantitative estimate of drug-likeness (QED) is 0.511. The van der Waals surface area contributed by atoms with Crippen LogP contribution in [-0.4, -0.2) is 38.7 Å². The van der Waals surface area contributed by atoms with Gasteiger partial charge in [-0.15, -0.1) is 0 Å². The lowest BCUT2D eigenvalue weighted by Gasteiger charge is -2.15. The maximum Gasteiger partial charge on any atom is 0.0253 e. The lowest BCUT2D eigenvalue weighted by Crippen LogP contribution is -2.40. The first-order valence-electron chi connectivity index (χ1n) is 3.25. The standard InChI is InChI=1S/C6H17N3/c1-6(7-2)5-8-9(3)4/h6-8H,5H2,1-4H3. The molecule has 0 aromatic carbocycles. The molecule has 3 nitrogen and oxygen atoms in total. The van der Waals surface area contributed by atoms with Gasteiger partial charge >= 0.3 is 0 Å². The number of hydrazine groups is 1. The Kier molecular flexibility index (Phi) is 4.67. The maximum atomic E-state index is 3.17. The summed E-state index contributed by atoms with van der Waals surface area (Å²) in [6.07, 6.45) is 0. The Hall–Kier alpha value is -0.120. The Morgan fingerprint density at radius 3 is 2.33 bits per heavy atom. The lowest BCUT2D eigenvalue weighted by atomic mass is 10.3. The van der Waals surface area contributed by atoms with E-state index in [-0.39, 0.29) is 0 Å². The smallest absolute Gasteiger partial charge is 0.0253 e. The number of nitrogens with zero attached hydrogens (tertiary/aromatic N) is 1. The van der Waals surface area contributed by atoms with E-state index in [4.69, 9.17) is 0 Å². The van der Waals surface area contributed by atoms with E-state index < -0.39 is 0 Å². The molecule has 0 aliphatic rings. The highest BCUT2D eigenvalue weighted by Gasteiger charge is 1.95. The molecule has 0 aromatic heterocycles. The van der Waals surface area contributed by atoms with Gasteiger partial charge in [0.1, 0.15) is 0 Å². The van der Waals surface area contributed by atoms with E-state index in [1.807, 2.05) is 26.2 Å². The topological polar surface area (TPSA) is 27.3 Å². The molecule has 0 aromatic rings. The minimum Gasteiger partial charge on any atom is -0.316 e. The van der Waals surface area contributed by atoms with E-state index >= 15 is 0 Å². The van der Waals surface area contributed by atoms with E-state index in [0.717, 1.165) is 6.54 Å². The highest BCUT2D eigenvalue weighted by Crippen LogP contribution is 1.74. The number of rotatable bonds is 4. The van der Waals surface area contributed by atoms with Gasteiger partial charge in [-0.05, 0) is 14.0 Å². The van der Waals surface area contributed by atoms with Crippen LogP contribution in [0.4, 0.5) is 0 Å². The number of nitrogens with one attached hydrogen (secondary N) is 2. The molecule has 1 unspecified atom stereocenters. The van der Waals surface area contributed by atoms with E-state index in [0.29, 0.717) is 6.04 Å². The average molecular weight is 131 g/mol. The maximum absolute atomic E-state index is 3.17. The lowest BCUT2D eigenvalue weighted by molar-refractivity contribution is 0.276. The highest BCUT2D eigenvalue weighted by atomic mass is 15.5. The molecule has 0 radical (unpaired) electrons. The molecule has 1 atom stereocenters. The van der Waals surface area contributed by atoms with Crippen LogP contribution in [0.2, 0.25) is 0 Å². The fraction of sp³-hybridized carbons (Fsp3) is 1.00. The van der Waals surface area contributed by atoms with Crippen molar-refractivity contribution in [3.8, 4) is 0 Å². The Morgan fingerprint density at radius 1 is 1.44 bits per heavy atom. The third kappa shape index (κ3) is 5.76. The minimum atomic E-state index is 0.535. The molecule has 0 saturated heterocycles. The van der Waals surface area contributed by atoms with Gasteiger partial charge in [-0.25, -0.2) is 0 Å². The van der Waals surface area contributed by atoms with Crippen molar-refractivity contribution in [3.05, 3.63) is 0 Å². The van der Waals surface area contributed by atoms with Gasteiger partial charge in [0.25, 0.3) is 0 Å². The van der Waals surface area contributed by atoms with Gasteiger partial charge in [0.2, 0.25) is 0 Å². The van der Waals surface area contributed by atoms with Crippen LogP contribution < -0.4 is 10.7 Å². The first-order chi connectivity index (χ1) is 4.16. The molecular formula is C6H17N3. The summed E-state index contributed by atoms with van der Waals surface area (Å²) in [6, 6.07) is 0.535. The van der Waals surface area contributed by atoms with E-state index in [2.05, 4.69) is 17.7 Å². The van der Waals surface area contributed by atoms with Gasteiger partial charge < -0.3 is 5.32 Å². The van der Waals surface area contributed by atoms with Crippen molar-refractivity contribution in [2.24, 2.45) is 0 Å². The Bertz CT molecular complexity index is 63.3. The highest BCUT2D eigenvalue weighted by molar-refractivity contribution is 4.57. The monoisotopic (exact) mass is 131 g/mol. The van der Waals surface area contributed by atoms with Crippen molar-refractivity contribution in [3.63, 3.8) is 0 Å². The molecule has 0 heterocycles. The third-order valence-electron chi connectivity index (χ3n) is 1.21. The summed E-state index contributed by atoms with van der Waals surface area (Å²) >= 11 is 0. The van der Waals surface area contributed by atoms with Crippen LogP contribution in [0.1, 0.15) is 6.92 Å². The van der Waals surface area contributed by atoms with Crippen LogP contribution in [-0.2, 0) is 0 Å². The zero-order valence-corrected chi connectivity index (χ0v) is 6.73. The summed E-state index contributed by atoms with van der Waals surface area (Å²) in [7, 11) is 5.94. The number of likely N-dealkylation sites (N-methyl/N-ethyl adjacent to an activating group) is 1. The minimum absolute atomic E-state index is 0.535. The average Bonchev–Trinajstić information content (AvgIpc) is 1.83. The molecule has 0 fully saturated rings. The van der Waals surface area contributed by atoms with Gasteiger partial charge in [-0.2, -0.15) is 0 Å². The summed E-state index contributed by atoms with van der Waals surface area (Å²) in [5, 5.41) is 5.08. The van der Waals surface area contributed by atoms with Crippen LogP contribution in [0.25, 0.3) is 0 Å². The fourth-order valence-electron chi connectivity index (χ4n) is 0.422. The van der Waals surface area contributed by atoms with Crippen LogP contribution in [0.5, 0.6) is 0 Å². The SMILES string of the molecule is CNC(C)CNN(C)C. The molecule has 3 heteroatoms. The second kappa shape index (κ2) is 4.73. The molecule has 0 aliphatic carbocycles. The van der Waals surface area contributed by atoms with Crippen LogP contribution >= 0.6 is 0 Å². The van der Waals surface area contributed by atoms with Crippen molar-refractivity contribution in [1.82, 2.24) is 15.8 Å². The molecule has 0 rings (SSSR count). The second-order valence-electron chi connectivity index (χ2n) is 2.45. The van der Waals surface area contributed by atoms with E-state index in [1.165, 1.54) is 0 Å². The van der Waals surface area contributed by atoms with Crippen molar-refractivity contribution in [2.75, 3.05) is 27.7 Å². The molecule has 0 amide bonds. The molecular weight excluding hydrogens is 114 g/mol. The summed E-state index contributed by atoms with van der Waals surface area (Å²) in [6.45, 7) is 3.11. The predicted molar refractivity (Wildman–Crippen MR) is 40.2 cm³/mol. The first-order valence-corrected chi connectivity index (χ1v) is 3.25. The molecule has 0 saturated carbocycles. The summed E-state index contributed by atoms with van der Waals surface area (Å²) < 4.78 is 0. The Labute approximate surface area is 57.4 Å². The van der Waals surface area contributed by atoms with Crippen molar-refractivity contribution in [2.45, 2.75) is 13.0 Å². The number of hydrogen-bond donors (Lipinski definition) is 2. The largest absolute Gasteiger partial charge is 0.316 e. The van der Waals surface area contributed by atoms with Gasteiger partial charge in [0.15, 0.2) is 0 Å². The van der Waals surface area contributed by atoms with Crippen molar-refractivity contribution >= 4 is 0 Å². The normalized spacial score (nSPS) is 14.3. The first kappa shape index (κ1) is 8.88. The van der Waals surface area contributed by atoms with Gasteiger partial charge in [-0.3, -0.25) is 10.4 Å². The Balaban J connectivity index is 3.06. The third-order valence-corrected chi connectivity index (χ3v) is 1.21.